The van der Waals surface area contributed by atoms with Crippen LogP contribution < -0.4 is 0 Å². The molecule has 1 aromatic carbocycles. The summed E-state index contributed by atoms with van der Waals surface area (Å²) in [6.07, 6.45) is 19.2. The van der Waals surface area contributed by atoms with Crippen molar-refractivity contribution in [3.8, 4) is 11.3 Å². The van der Waals surface area contributed by atoms with Crippen molar-refractivity contribution in [3.05, 3.63) is 53.7 Å². The first-order valence-electron chi connectivity index (χ1n) is 13.2. The van der Waals surface area contributed by atoms with E-state index in [4.69, 9.17) is 0 Å². The number of nitrogens with zero attached hydrogens (tertiary/aromatic N) is 1. The van der Waals surface area contributed by atoms with E-state index in [-0.39, 0.29) is 5.78 Å². The van der Waals surface area contributed by atoms with Crippen LogP contribution in [0.1, 0.15) is 120 Å². The zero-order valence-corrected chi connectivity index (χ0v) is 20.9. The molecule has 0 aliphatic rings. The van der Waals surface area contributed by atoms with Gasteiger partial charge in [-0.25, -0.2) is 0 Å². The minimum Gasteiger partial charge on any atom is -0.294 e. The molecule has 0 bridgehead atoms. The van der Waals surface area contributed by atoms with Crippen LogP contribution in [-0.2, 0) is 6.42 Å². The summed E-state index contributed by atoms with van der Waals surface area (Å²) >= 11 is 0. The number of carbonyl (C=O) groups is 1. The van der Waals surface area contributed by atoms with Gasteiger partial charge in [-0.15, -0.1) is 0 Å². The molecule has 2 nitrogen and oxygen atoms in total. The number of aryl methyl sites for hydroxylation is 1. The molecular weight excluding hydrogens is 390 g/mol. The first kappa shape index (κ1) is 26.3. The molecule has 2 heteroatoms. The van der Waals surface area contributed by atoms with E-state index in [1.54, 1.807) is 0 Å². The molecule has 32 heavy (non-hydrogen) atoms. The van der Waals surface area contributed by atoms with Crippen LogP contribution in [0.3, 0.4) is 0 Å². The molecule has 1 unspecified atom stereocenters. The van der Waals surface area contributed by atoms with Gasteiger partial charge in [0.15, 0.2) is 5.78 Å². The van der Waals surface area contributed by atoms with Crippen molar-refractivity contribution < 1.29 is 4.79 Å². The molecule has 0 spiro atoms. The minimum absolute atomic E-state index is 0.259. The molecule has 176 valence electrons. The van der Waals surface area contributed by atoms with Gasteiger partial charge in [0.05, 0.1) is 5.69 Å². The van der Waals surface area contributed by atoms with Crippen LogP contribution in [0.4, 0.5) is 0 Å². The summed E-state index contributed by atoms with van der Waals surface area (Å²) in [6, 6.07) is 12.3. The topological polar surface area (TPSA) is 30.0 Å². The third-order valence-corrected chi connectivity index (χ3v) is 6.69. The largest absolute Gasteiger partial charge is 0.294 e. The molecule has 0 amide bonds. The van der Waals surface area contributed by atoms with Crippen LogP contribution >= 0.6 is 0 Å². The second kappa shape index (κ2) is 15.8. The monoisotopic (exact) mass is 435 g/mol. The van der Waals surface area contributed by atoms with Crippen molar-refractivity contribution in [2.45, 2.75) is 111 Å². The lowest BCUT2D eigenvalue weighted by Gasteiger charge is -2.08. The molecule has 0 aliphatic heterocycles. The third-order valence-electron chi connectivity index (χ3n) is 6.69. The zero-order valence-electron chi connectivity index (χ0n) is 20.9. The molecule has 0 fully saturated rings. The molecule has 2 rings (SSSR count). The quantitative estimate of drug-likeness (QED) is 0.183. The van der Waals surface area contributed by atoms with Crippen molar-refractivity contribution in [1.82, 2.24) is 4.98 Å². The van der Waals surface area contributed by atoms with Crippen molar-refractivity contribution in [3.63, 3.8) is 0 Å². The van der Waals surface area contributed by atoms with Crippen molar-refractivity contribution >= 4 is 5.78 Å². The fourth-order valence-electron chi connectivity index (χ4n) is 4.16. The first-order valence-corrected chi connectivity index (χ1v) is 13.2. The number of Topliss-reactive ketones (excluding diaryl/α,β-unsaturated/α-hetero) is 1. The van der Waals surface area contributed by atoms with Crippen molar-refractivity contribution in [1.29, 1.82) is 0 Å². The van der Waals surface area contributed by atoms with E-state index in [9.17, 15) is 4.79 Å². The standard InChI is InChI=1S/C30H45NO/c1-4-6-7-8-9-10-11-12-16-26-18-23-29(31-24-26)27-19-21-28(22-20-27)30(32)17-14-13-15-25(3)5-2/h18-25H,4-17H2,1-3H3. The Kier molecular flexibility index (Phi) is 13.0. The van der Waals surface area contributed by atoms with E-state index in [2.05, 4.69) is 37.9 Å². The normalized spacial score (nSPS) is 12.1. The highest BCUT2D eigenvalue weighted by molar-refractivity contribution is 5.96. The summed E-state index contributed by atoms with van der Waals surface area (Å²) in [7, 11) is 0. The van der Waals surface area contributed by atoms with Gasteiger partial charge in [0.2, 0.25) is 0 Å². The Balaban J connectivity index is 1.71. The predicted molar refractivity (Wildman–Crippen MR) is 138 cm³/mol. The van der Waals surface area contributed by atoms with E-state index in [1.165, 1.54) is 69.8 Å². The van der Waals surface area contributed by atoms with E-state index in [1.807, 2.05) is 30.5 Å². The van der Waals surface area contributed by atoms with Crippen molar-refractivity contribution in [2.24, 2.45) is 5.92 Å². The number of hydrogen-bond donors (Lipinski definition) is 0. The summed E-state index contributed by atoms with van der Waals surface area (Å²) in [5, 5.41) is 0. The summed E-state index contributed by atoms with van der Waals surface area (Å²) in [6.45, 7) is 6.79. The SMILES string of the molecule is CCCCCCCCCCc1ccc(-c2ccc(C(=O)CCCCC(C)CC)cc2)nc1. The highest BCUT2D eigenvalue weighted by Crippen LogP contribution is 2.20. The van der Waals surface area contributed by atoms with Gasteiger partial charge >= 0.3 is 0 Å². The van der Waals surface area contributed by atoms with E-state index in [0.29, 0.717) is 6.42 Å². The Morgan fingerprint density at radius 2 is 1.50 bits per heavy atom. The maximum Gasteiger partial charge on any atom is 0.162 e. The van der Waals surface area contributed by atoms with E-state index < -0.39 is 0 Å². The number of benzene rings is 1. The number of unbranched alkanes of at least 4 members (excludes halogenated alkanes) is 8. The second-order valence-electron chi connectivity index (χ2n) is 9.54. The summed E-state index contributed by atoms with van der Waals surface area (Å²) in [5.41, 5.74) is 4.21. The molecular formula is C30H45NO. The maximum absolute atomic E-state index is 12.4. The molecule has 2 aromatic rings. The van der Waals surface area contributed by atoms with Crippen molar-refractivity contribution in [2.75, 3.05) is 0 Å². The van der Waals surface area contributed by atoms with Gasteiger partial charge in [-0.1, -0.05) is 115 Å². The van der Waals surface area contributed by atoms with Gasteiger partial charge in [-0.3, -0.25) is 9.78 Å². The van der Waals surface area contributed by atoms with Crippen LogP contribution in [0.2, 0.25) is 0 Å². The van der Waals surface area contributed by atoms with Crippen LogP contribution in [0.15, 0.2) is 42.6 Å². The molecule has 0 N–H and O–H groups in total. The maximum atomic E-state index is 12.4. The molecule has 0 radical (unpaired) electrons. The highest BCUT2D eigenvalue weighted by atomic mass is 16.1. The number of hydrogen-bond acceptors (Lipinski definition) is 2. The van der Waals surface area contributed by atoms with Crippen LogP contribution in [0, 0.1) is 5.92 Å². The molecule has 0 saturated heterocycles. The fraction of sp³-hybridized carbons (Fsp3) is 0.600. The number of rotatable bonds is 17. The smallest absolute Gasteiger partial charge is 0.162 e. The molecule has 0 saturated carbocycles. The lowest BCUT2D eigenvalue weighted by atomic mass is 9.98. The predicted octanol–water partition coefficient (Wildman–Crippen LogP) is 9.22. The van der Waals surface area contributed by atoms with Crippen LogP contribution in [-0.4, -0.2) is 10.8 Å². The minimum atomic E-state index is 0.259. The Morgan fingerprint density at radius 3 is 2.12 bits per heavy atom. The Morgan fingerprint density at radius 1 is 0.812 bits per heavy atom. The van der Waals surface area contributed by atoms with Gasteiger partial charge in [0.25, 0.3) is 0 Å². The van der Waals surface area contributed by atoms with Gasteiger partial charge in [-0.2, -0.15) is 0 Å². The average Bonchev–Trinajstić information content (AvgIpc) is 2.83. The number of pyridine rings is 1. The number of ketones is 1. The lowest BCUT2D eigenvalue weighted by Crippen LogP contribution is -2.00. The molecule has 1 atom stereocenters. The molecule has 1 aromatic heterocycles. The summed E-state index contributed by atoms with van der Waals surface area (Å²) in [4.78, 5) is 17.1. The van der Waals surface area contributed by atoms with Crippen LogP contribution in [0.25, 0.3) is 11.3 Å². The number of carbonyl (C=O) groups excluding carboxylic acids is 1. The fourth-order valence-corrected chi connectivity index (χ4v) is 4.16. The average molecular weight is 436 g/mol. The Bertz CT molecular complexity index is 747. The molecule has 0 aliphatic carbocycles. The van der Waals surface area contributed by atoms with Gasteiger partial charge in [0.1, 0.15) is 0 Å². The van der Waals surface area contributed by atoms with E-state index >= 15 is 0 Å². The van der Waals surface area contributed by atoms with Crippen LogP contribution in [0.5, 0.6) is 0 Å². The van der Waals surface area contributed by atoms with Gasteiger partial charge in [-0.05, 0) is 36.8 Å². The first-order chi connectivity index (χ1) is 15.6. The number of aromatic nitrogens is 1. The molecule has 1 heterocycles. The summed E-state index contributed by atoms with van der Waals surface area (Å²) < 4.78 is 0. The Labute approximate surface area is 197 Å². The van der Waals surface area contributed by atoms with Gasteiger partial charge in [0, 0.05) is 23.7 Å². The van der Waals surface area contributed by atoms with Gasteiger partial charge < -0.3 is 0 Å². The summed E-state index contributed by atoms with van der Waals surface area (Å²) in [5.74, 6) is 1.03. The lowest BCUT2D eigenvalue weighted by molar-refractivity contribution is 0.0978. The Hall–Kier alpha value is -1.96. The highest BCUT2D eigenvalue weighted by Gasteiger charge is 2.08. The third kappa shape index (κ3) is 10.1. The van der Waals surface area contributed by atoms with E-state index in [0.717, 1.165) is 42.0 Å². The second-order valence-corrected chi connectivity index (χ2v) is 9.54. The zero-order chi connectivity index (χ0) is 23.0.